The lowest BCUT2D eigenvalue weighted by Gasteiger charge is -2.09. The fourth-order valence-corrected chi connectivity index (χ4v) is 4.04. The van der Waals surface area contributed by atoms with Crippen LogP contribution in [0.5, 0.6) is 0 Å². The number of para-hydroxylation sites is 1. The van der Waals surface area contributed by atoms with Crippen LogP contribution < -0.4 is 10.5 Å². The van der Waals surface area contributed by atoms with E-state index in [0.29, 0.717) is 17.1 Å². The van der Waals surface area contributed by atoms with Crippen molar-refractivity contribution in [1.29, 1.82) is 0 Å². The molecule has 146 valence electrons. The first kappa shape index (κ1) is 19.1. The maximum Gasteiger partial charge on any atom is 0.274 e. The molecule has 0 saturated heterocycles. The molecule has 4 rings (SSSR count). The Kier molecular flexibility index (Phi) is 5.01. The van der Waals surface area contributed by atoms with E-state index >= 15 is 0 Å². The van der Waals surface area contributed by atoms with Crippen molar-refractivity contribution in [2.24, 2.45) is 5.14 Å². The first-order valence-electron chi connectivity index (χ1n) is 8.55. The van der Waals surface area contributed by atoms with Gasteiger partial charge in [0.25, 0.3) is 5.91 Å². The highest BCUT2D eigenvalue weighted by Gasteiger charge is 2.19. The van der Waals surface area contributed by atoms with Gasteiger partial charge in [-0.3, -0.25) is 4.79 Å². The second kappa shape index (κ2) is 7.63. The molecule has 4 aromatic rings. The number of hydrogen-bond donors (Lipinski definition) is 2. The molecule has 0 fully saturated rings. The Labute approximate surface area is 171 Å². The summed E-state index contributed by atoms with van der Waals surface area (Å²) >= 11 is 1.53. The summed E-state index contributed by atoms with van der Waals surface area (Å²) in [4.78, 5) is 13.9. The smallest absolute Gasteiger partial charge is 0.274 e. The number of rotatable bonds is 5. The zero-order valence-electron chi connectivity index (χ0n) is 15.0. The third kappa shape index (κ3) is 4.11. The number of nitrogens with zero attached hydrogens (tertiary/aromatic N) is 2. The van der Waals surface area contributed by atoms with Crippen LogP contribution >= 0.6 is 11.3 Å². The number of thiophene rings is 1. The normalized spacial score (nSPS) is 11.3. The number of hydrogen-bond acceptors (Lipinski definition) is 5. The predicted molar refractivity (Wildman–Crippen MR) is 113 cm³/mol. The van der Waals surface area contributed by atoms with Gasteiger partial charge in [0.15, 0.2) is 0 Å². The van der Waals surface area contributed by atoms with Crippen molar-refractivity contribution in [1.82, 2.24) is 9.78 Å². The Morgan fingerprint density at radius 1 is 1.00 bits per heavy atom. The fourth-order valence-electron chi connectivity index (χ4n) is 2.80. The lowest BCUT2D eigenvalue weighted by molar-refractivity contribution is 0.101. The van der Waals surface area contributed by atoms with Crippen molar-refractivity contribution in [3.63, 3.8) is 0 Å². The van der Waals surface area contributed by atoms with E-state index in [1.165, 1.54) is 29.5 Å². The van der Waals surface area contributed by atoms with Crippen molar-refractivity contribution in [3.8, 4) is 16.3 Å². The summed E-state index contributed by atoms with van der Waals surface area (Å²) in [5, 5.41) is 14.4. The largest absolute Gasteiger partial charge is 0.321 e. The highest BCUT2D eigenvalue weighted by molar-refractivity contribution is 7.89. The van der Waals surface area contributed by atoms with Gasteiger partial charge in [-0.2, -0.15) is 5.10 Å². The van der Waals surface area contributed by atoms with Crippen molar-refractivity contribution in [2.75, 3.05) is 5.32 Å². The average Bonchev–Trinajstić information content (AvgIpc) is 3.38. The molecule has 0 aliphatic heterocycles. The molecule has 0 aliphatic rings. The number of benzene rings is 2. The number of aromatic nitrogens is 2. The summed E-state index contributed by atoms with van der Waals surface area (Å²) in [5.74, 6) is -0.421. The molecule has 1 amide bonds. The molecule has 7 nitrogen and oxygen atoms in total. The molecular formula is C20H16N4O3S2. The Balaban J connectivity index is 1.73. The van der Waals surface area contributed by atoms with Gasteiger partial charge in [0.05, 0.1) is 15.5 Å². The topological polar surface area (TPSA) is 107 Å². The molecule has 0 spiro atoms. The molecule has 2 aromatic carbocycles. The number of amides is 1. The van der Waals surface area contributed by atoms with Gasteiger partial charge in [-0.05, 0) is 47.8 Å². The molecule has 29 heavy (non-hydrogen) atoms. The number of carbonyl (C=O) groups excluding carboxylic acids is 1. The van der Waals surface area contributed by atoms with E-state index in [0.717, 1.165) is 10.6 Å². The Morgan fingerprint density at radius 2 is 1.79 bits per heavy atom. The van der Waals surface area contributed by atoms with E-state index in [1.807, 2.05) is 47.8 Å². The van der Waals surface area contributed by atoms with Crippen LogP contribution in [0.3, 0.4) is 0 Å². The summed E-state index contributed by atoms with van der Waals surface area (Å²) in [6.45, 7) is 0. The van der Waals surface area contributed by atoms with Crippen LogP contribution in [0.1, 0.15) is 10.5 Å². The molecule has 0 unspecified atom stereocenters. The molecule has 0 aliphatic carbocycles. The monoisotopic (exact) mass is 424 g/mol. The Morgan fingerprint density at radius 3 is 2.48 bits per heavy atom. The lowest BCUT2D eigenvalue weighted by Crippen LogP contribution is -2.18. The van der Waals surface area contributed by atoms with E-state index in [2.05, 4.69) is 10.4 Å². The lowest BCUT2D eigenvalue weighted by atomic mass is 10.2. The van der Waals surface area contributed by atoms with Gasteiger partial charge in [-0.25, -0.2) is 18.2 Å². The first-order chi connectivity index (χ1) is 13.9. The Bertz CT molecular complexity index is 1260. The zero-order valence-corrected chi connectivity index (χ0v) is 16.7. The summed E-state index contributed by atoms with van der Waals surface area (Å²) < 4.78 is 24.7. The summed E-state index contributed by atoms with van der Waals surface area (Å²) in [5.41, 5.74) is 2.05. The van der Waals surface area contributed by atoms with Crippen molar-refractivity contribution >= 4 is 33.0 Å². The molecule has 2 aromatic heterocycles. The molecule has 0 atom stereocenters. The standard InChI is InChI=1S/C20H16N4O3S2/c21-29(26,27)16-9-4-6-14(12-16)22-20(25)18-13-17(19-10-5-11-28-19)23-24(18)15-7-2-1-3-8-15/h1-13H,(H,22,25)(H2,21,26,27). The van der Waals surface area contributed by atoms with Crippen LogP contribution in [0, 0.1) is 0 Å². The van der Waals surface area contributed by atoms with Gasteiger partial charge in [-0.15, -0.1) is 11.3 Å². The van der Waals surface area contributed by atoms with Gasteiger partial charge in [0.2, 0.25) is 10.0 Å². The van der Waals surface area contributed by atoms with Crippen molar-refractivity contribution < 1.29 is 13.2 Å². The maximum atomic E-state index is 13.0. The van der Waals surface area contributed by atoms with Crippen LogP contribution in [0.25, 0.3) is 16.3 Å². The quantitative estimate of drug-likeness (QED) is 0.511. The number of carbonyl (C=O) groups is 1. The predicted octanol–water partition coefficient (Wildman–Crippen LogP) is 3.50. The number of nitrogens with two attached hydrogens (primary N) is 1. The van der Waals surface area contributed by atoms with Crippen molar-refractivity contribution in [2.45, 2.75) is 4.90 Å². The first-order valence-corrected chi connectivity index (χ1v) is 11.0. The highest BCUT2D eigenvalue weighted by Crippen LogP contribution is 2.26. The second-order valence-electron chi connectivity index (χ2n) is 6.17. The van der Waals surface area contributed by atoms with Crippen LogP contribution in [0.2, 0.25) is 0 Å². The number of nitrogens with one attached hydrogen (secondary N) is 1. The molecular weight excluding hydrogens is 408 g/mol. The van der Waals surface area contributed by atoms with E-state index < -0.39 is 15.9 Å². The minimum Gasteiger partial charge on any atom is -0.321 e. The molecule has 0 saturated carbocycles. The van der Waals surface area contributed by atoms with Crippen LogP contribution in [-0.4, -0.2) is 24.1 Å². The molecule has 9 heteroatoms. The van der Waals surface area contributed by atoms with Crippen molar-refractivity contribution in [3.05, 3.63) is 83.9 Å². The number of sulfonamides is 1. The van der Waals surface area contributed by atoms with E-state index in [-0.39, 0.29) is 4.90 Å². The van der Waals surface area contributed by atoms with Crippen LogP contribution in [-0.2, 0) is 10.0 Å². The van der Waals surface area contributed by atoms with Gasteiger partial charge in [0.1, 0.15) is 11.4 Å². The van der Waals surface area contributed by atoms with Crippen LogP contribution in [0.15, 0.2) is 83.1 Å². The molecule has 0 bridgehead atoms. The summed E-state index contributed by atoms with van der Waals surface area (Å²) in [6.07, 6.45) is 0. The highest BCUT2D eigenvalue weighted by atomic mass is 32.2. The molecule has 2 heterocycles. The Hall–Kier alpha value is -3.27. The van der Waals surface area contributed by atoms with Crippen LogP contribution in [0.4, 0.5) is 5.69 Å². The van der Waals surface area contributed by atoms with Gasteiger partial charge in [0, 0.05) is 5.69 Å². The third-order valence-electron chi connectivity index (χ3n) is 4.14. The summed E-state index contributed by atoms with van der Waals surface area (Å²) in [7, 11) is -3.87. The molecule has 0 radical (unpaired) electrons. The van der Waals surface area contributed by atoms with E-state index in [9.17, 15) is 13.2 Å². The minimum atomic E-state index is -3.87. The third-order valence-corrected chi connectivity index (χ3v) is 5.94. The molecule has 3 N–H and O–H groups in total. The van der Waals surface area contributed by atoms with E-state index in [4.69, 9.17) is 5.14 Å². The summed E-state index contributed by atoms with van der Waals surface area (Å²) in [6, 6.07) is 20.6. The fraction of sp³-hybridized carbons (Fsp3) is 0. The van der Waals surface area contributed by atoms with Gasteiger partial charge < -0.3 is 5.32 Å². The maximum absolute atomic E-state index is 13.0. The minimum absolute atomic E-state index is 0.0776. The number of anilines is 1. The van der Waals surface area contributed by atoms with Gasteiger partial charge in [-0.1, -0.05) is 30.3 Å². The van der Waals surface area contributed by atoms with Gasteiger partial charge >= 0.3 is 0 Å². The SMILES string of the molecule is NS(=O)(=O)c1cccc(NC(=O)c2cc(-c3cccs3)nn2-c2ccccc2)c1. The average molecular weight is 425 g/mol. The van der Waals surface area contributed by atoms with E-state index in [1.54, 1.807) is 16.8 Å². The number of primary sulfonamides is 1. The zero-order chi connectivity index (χ0) is 20.4. The second-order valence-corrected chi connectivity index (χ2v) is 8.68.